The van der Waals surface area contributed by atoms with E-state index in [9.17, 15) is 13.2 Å². The van der Waals surface area contributed by atoms with Crippen molar-refractivity contribution in [1.29, 1.82) is 0 Å². The molecular weight excluding hydrogens is 326 g/mol. The molecule has 0 aliphatic carbocycles. The zero-order valence-electron chi connectivity index (χ0n) is 9.44. The summed E-state index contributed by atoms with van der Waals surface area (Å²) in [5, 5.41) is 0. The van der Waals surface area contributed by atoms with Crippen molar-refractivity contribution in [1.82, 2.24) is 4.31 Å². The number of sulfonamides is 1. The van der Waals surface area contributed by atoms with Gasteiger partial charge in [-0.25, -0.2) is 12.7 Å². The molecule has 1 aromatic heterocycles. The van der Waals surface area contributed by atoms with Gasteiger partial charge in [0, 0.05) is 13.0 Å². The number of thiophene rings is 1. The summed E-state index contributed by atoms with van der Waals surface area (Å²) in [4.78, 5) is 11.6. The van der Waals surface area contributed by atoms with Crippen LogP contribution in [0.3, 0.4) is 0 Å². The molecule has 1 aliphatic heterocycles. The Morgan fingerprint density at radius 1 is 1.53 bits per heavy atom. The van der Waals surface area contributed by atoms with Crippen LogP contribution in [0.2, 0.25) is 0 Å². The minimum atomic E-state index is -3.65. The van der Waals surface area contributed by atoms with Gasteiger partial charge in [-0.3, -0.25) is 4.79 Å². The summed E-state index contributed by atoms with van der Waals surface area (Å²) >= 11 is 4.44. The molecule has 0 aromatic carbocycles. The van der Waals surface area contributed by atoms with Crippen LogP contribution in [0.5, 0.6) is 0 Å². The van der Waals surface area contributed by atoms with Crippen molar-refractivity contribution in [2.45, 2.75) is 24.5 Å². The molecule has 94 valence electrons. The summed E-state index contributed by atoms with van der Waals surface area (Å²) in [6, 6.07) is 1.60. The Balaban J connectivity index is 2.40. The molecule has 0 N–H and O–H groups in total. The topological polar surface area (TPSA) is 54.5 Å². The van der Waals surface area contributed by atoms with Crippen molar-refractivity contribution < 1.29 is 13.2 Å². The predicted molar refractivity (Wildman–Crippen MR) is 69.4 cm³/mol. The maximum atomic E-state index is 12.3. The zero-order chi connectivity index (χ0) is 12.8. The van der Waals surface area contributed by atoms with Crippen molar-refractivity contribution in [3.05, 3.63) is 15.4 Å². The first kappa shape index (κ1) is 13.0. The molecule has 0 bridgehead atoms. The molecular formula is C10H12BrNO3S2. The fourth-order valence-electron chi connectivity index (χ4n) is 1.75. The first-order valence-corrected chi connectivity index (χ1v) is 8.19. The summed E-state index contributed by atoms with van der Waals surface area (Å²) in [5.41, 5.74) is 0.869. The summed E-state index contributed by atoms with van der Waals surface area (Å²) < 4.78 is 26.5. The third-order valence-electron chi connectivity index (χ3n) is 2.66. The summed E-state index contributed by atoms with van der Waals surface area (Å²) in [7, 11) is -3.65. The first-order valence-electron chi connectivity index (χ1n) is 5.14. The van der Waals surface area contributed by atoms with Crippen LogP contribution < -0.4 is 0 Å². The van der Waals surface area contributed by atoms with E-state index in [2.05, 4.69) is 15.9 Å². The van der Waals surface area contributed by atoms with Crippen LogP contribution in [-0.2, 0) is 14.8 Å². The molecule has 0 spiro atoms. The maximum absolute atomic E-state index is 12.3. The maximum Gasteiger partial charge on any atom is 0.276 e. The largest absolute Gasteiger partial charge is 0.276 e. The van der Waals surface area contributed by atoms with Gasteiger partial charge in [-0.1, -0.05) is 6.92 Å². The van der Waals surface area contributed by atoms with Gasteiger partial charge in [-0.2, -0.15) is 0 Å². The van der Waals surface area contributed by atoms with Crippen LogP contribution in [0.1, 0.15) is 18.9 Å². The van der Waals surface area contributed by atoms with Crippen molar-refractivity contribution in [2.75, 3.05) is 6.54 Å². The molecule has 0 saturated carbocycles. The highest BCUT2D eigenvalue weighted by atomic mass is 79.9. The highest BCUT2D eigenvalue weighted by molar-refractivity contribution is 9.11. The molecule has 17 heavy (non-hydrogen) atoms. The second-order valence-electron chi connectivity index (χ2n) is 4.26. The lowest BCUT2D eigenvalue weighted by Crippen LogP contribution is -2.31. The molecule has 1 aliphatic rings. The molecule has 4 nitrogen and oxygen atoms in total. The molecule has 7 heteroatoms. The monoisotopic (exact) mass is 337 g/mol. The van der Waals surface area contributed by atoms with Crippen LogP contribution in [0, 0.1) is 12.8 Å². The molecule has 2 rings (SSSR count). The number of amides is 1. The van der Waals surface area contributed by atoms with Gasteiger partial charge in [0.1, 0.15) is 4.21 Å². The average Bonchev–Trinajstić information content (AvgIpc) is 2.72. The van der Waals surface area contributed by atoms with Crippen LogP contribution in [0.15, 0.2) is 14.1 Å². The Labute approximate surface area is 113 Å². The smallest absolute Gasteiger partial charge is 0.274 e. The van der Waals surface area contributed by atoms with Gasteiger partial charge in [0.05, 0.1) is 3.79 Å². The Hall–Kier alpha value is -0.400. The van der Waals surface area contributed by atoms with E-state index in [-0.39, 0.29) is 22.6 Å². The fourth-order valence-corrected chi connectivity index (χ4v) is 5.62. The van der Waals surface area contributed by atoms with Crippen LogP contribution in [0.25, 0.3) is 0 Å². The Bertz CT molecular complexity index is 545. The Morgan fingerprint density at radius 2 is 2.18 bits per heavy atom. The van der Waals surface area contributed by atoms with E-state index in [0.717, 1.165) is 25.0 Å². The Kier molecular flexibility index (Phi) is 3.35. The summed E-state index contributed by atoms with van der Waals surface area (Å²) in [5.74, 6) is -0.207. The standard InChI is InChI=1S/C10H12BrNO3S2/c1-6-3-8(13)12(5-6)17(14,15)9-4-7(2)10(11)16-9/h4,6H,3,5H2,1-2H3. The van der Waals surface area contributed by atoms with E-state index < -0.39 is 10.0 Å². The lowest BCUT2D eigenvalue weighted by Gasteiger charge is -2.14. The second kappa shape index (κ2) is 4.37. The average molecular weight is 338 g/mol. The van der Waals surface area contributed by atoms with Gasteiger partial charge < -0.3 is 0 Å². The van der Waals surface area contributed by atoms with Gasteiger partial charge >= 0.3 is 0 Å². The minimum Gasteiger partial charge on any atom is -0.274 e. The van der Waals surface area contributed by atoms with E-state index in [1.54, 1.807) is 6.07 Å². The number of rotatable bonds is 2. The molecule has 1 aromatic rings. The molecule has 1 fully saturated rings. The minimum absolute atomic E-state index is 0.0989. The Morgan fingerprint density at radius 3 is 2.59 bits per heavy atom. The van der Waals surface area contributed by atoms with Gasteiger partial charge in [0.15, 0.2) is 0 Å². The third-order valence-corrected chi connectivity index (χ3v) is 7.03. The zero-order valence-corrected chi connectivity index (χ0v) is 12.7. The number of halogens is 1. The quantitative estimate of drug-likeness (QED) is 0.832. The van der Waals surface area contributed by atoms with Crippen molar-refractivity contribution in [3.63, 3.8) is 0 Å². The molecule has 1 unspecified atom stereocenters. The number of carbonyl (C=O) groups excluding carboxylic acids is 1. The molecule has 1 atom stereocenters. The number of nitrogens with zero attached hydrogens (tertiary/aromatic N) is 1. The SMILES string of the molecule is Cc1cc(S(=O)(=O)N2CC(C)CC2=O)sc1Br. The normalized spacial score (nSPS) is 21.2. The number of hydrogen-bond acceptors (Lipinski definition) is 4. The molecule has 0 radical (unpaired) electrons. The van der Waals surface area contributed by atoms with Gasteiger partial charge in [0.25, 0.3) is 10.0 Å². The number of carbonyl (C=O) groups is 1. The van der Waals surface area contributed by atoms with Gasteiger partial charge in [0.2, 0.25) is 5.91 Å². The van der Waals surface area contributed by atoms with Crippen molar-refractivity contribution >= 4 is 43.2 Å². The van der Waals surface area contributed by atoms with E-state index in [0.29, 0.717) is 6.42 Å². The molecule has 1 amide bonds. The van der Waals surface area contributed by atoms with Gasteiger partial charge in [-0.15, -0.1) is 11.3 Å². The summed E-state index contributed by atoms with van der Waals surface area (Å²) in [6.07, 6.45) is 0.310. The third kappa shape index (κ3) is 2.28. The van der Waals surface area contributed by atoms with Crippen molar-refractivity contribution in [2.24, 2.45) is 5.92 Å². The van der Waals surface area contributed by atoms with Gasteiger partial charge in [-0.05, 0) is 40.4 Å². The van der Waals surface area contributed by atoms with Crippen molar-refractivity contribution in [3.8, 4) is 0 Å². The fraction of sp³-hybridized carbons (Fsp3) is 0.500. The van der Waals surface area contributed by atoms with E-state index in [4.69, 9.17) is 0 Å². The number of aryl methyl sites for hydroxylation is 1. The predicted octanol–water partition coefficient (Wildman–Crippen LogP) is 2.38. The molecule has 1 saturated heterocycles. The van der Waals surface area contributed by atoms with E-state index >= 15 is 0 Å². The highest BCUT2D eigenvalue weighted by Gasteiger charge is 2.37. The number of hydrogen-bond donors (Lipinski definition) is 0. The molecule has 2 heterocycles. The van der Waals surface area contributed by atoms with E-state index in [1.807, 2.05) is 13.8 Å². The summed E-state index contributed by atoms with van der Waals surface area (Å²) in [6.45, 7) is 3.99. The second-order valence-corrected chi connectivity index (χ2v) is 8.72. The lowest BCUT2D eigenvalue weighted by molar-refractivity contribution is -0.123. The van der Waals surface area contributed by atoms with E-state index in [1.165, 1.54) is 0 Å². The highest BCUT2D eigenvalue weighted by Crippen LogP contribution is 2.34. The van der Waals surface area contributed by atoms with Crippen LogP contribution >= 0.6 is 27.3 Å². The lowest BCUT2D eigenvalue weighted by atomic mass is 10.2. The first-order chi connectivity index (χ1) is 7.82. The van der Waals surface area contributed by atoms with Crippen LogP contribution in [0.4, 0.5) is 0 Å². The van der Waals surface area contributed by atoms with Crippen LogP contribution in [-0.4, -0.2) is 25.2 Å².